The average Bonchev–Trinajstić information content (AvgIpc) is 1.98. The van der Waals surface area contributed by atoms with Gasteiger partial charge in [0.05, 0.1) is 0 Å². The maximum atomic E-state index is 7.07. The minimum Gasteiger partial charge on any atom is -0.313 e. The largest absolute Gasteiger partial charge is 0.313 e. The Hall–Kier alpha value is -0.660. The second kappa shape index (κ2) is 6.08. The Morgan fingerprint density at radius 3 is 2.55 bits per heavy atom. The molecule has 11 heavy (non-hydrogen) atoms. The lowest BCUT2D eigenvalue weighted by molar-refractivity contribution is 0.623. The van der Waals surface area contributed by atoms with E-state index in [-0.39, 0.29) is 0 Å². The molecule has 0 saturated carbocycles. The first kappa shape index (κ1) is 10.3. The summed E-state index contributed by atoms with van der Waals surface area (Å²) in [7, 11) is 0. The summed E-state index contributed by atoms with van der Waals surface area (Å²) in [5.41, 5.74) is 1.13. The summed E-state index contributed by atoms with van der Waals surface area (Å²) in [5.74, 6) is 0.429. The summed E-state index contributed by atoms with van der Waals surface area (Å²) in [4.78, 5) is 4.27. The molecular formula is C9H18N2. The number of hydrogen-bond acceptors (Lipinski definition) is 2. The van der Waals surface area contributed by atoms with Gasteiger partial charge in [0.15, 0.2) is 0 Å². The molecular weight excluding hydrogens is 136 g/mol. The van der Waals surface area contributed by atoms with Gasteiger partial charge in [-0.05, 0) is 38.8 Å². The van der Waals surface area contributed by atoms with E-state index in [2.05, 4.69) is 11.9 Å². The molecule has 2 nitrogen and oxygen atoms in total. The number of aliphatic imine (C=N–C) groups is 1. The quantitative estimate of drug-likeness (QED) is 0.591. The SMILES string of the molecule is CCC(C=N)CCN=C(C)C. The number of rotatable bonds is 5. The third kappa shape index (κ3) is 5.77. The predicted octanol–water partition coefficient (Wildman–Crippen LogP) is 2.53. The zero-order valence-corrected chi connectivity index (χ0v) is 7.72. The summed E-state index contributed by atoms with van der Waals surface area (Å²) >= 11 is 0. The van der Waals surface area contributed by atoms with Gasteiger partial charge in [-0.3, -0.25) is 4.99 Å². The smallest absolute Gasteiger partial charge is 0.0394 e. The maximum Gasteiger partial charge on any atom is 0.0394 e. The average molecular weight is 154 g/mol. The lowest BCUT2D eigenvalue weighted by atomic mass is 10.0. The molecule has 1 unspecified atom stereocenters. The highest BCUT2D eigenvalue weighted by Gasteiger charge is 1.99. The van der Waals surface area contributed by atoms with Gasteiger partial charge in [-0.15, -0.1) is 0 Å². The van der Waals surface area contributed by atoms with Crippen molar-refractivity contribution >= 4 is 11.9 Å². The van der Waals surface area contributed by atoms with Crippen LogP contribution in [0.15, 0.2) is 4.99 Å². The van der Waals surface area contributed by atoms with Crippen LogP contribution in [-0.2, 0) is 0 Å². The summed E-state index contributed by atoms with van der Waals surface area (Å²) in [6.45, 7) is 6.99. The van der Waals surface area contributed by atoms with E-state index in [1.54, 1.807) is 0 Å². The van der Waals surface area contributed by atoms with Gasteiger partial charge in [-0.25, -0.2) is 0 Å². The van der Waals surface area contributed by atoms with E-state index in [0.29, 0.717) is 5.92 Å². The van der Waals surface area contributed by atoms with Crippen LogP contribution in [0.1, 0.15) is 33.6 Å². The van der Waals surface area contributed by atoms with Gasteiger partial charge in [0.1, 0.15) is 0 Å². The van der Waals surface area contributed by atoms with Gasteiger partial charge >= 0.3 is 0 Å². The first-order chi connectivity index (χ1) is 5.20. The summed E-state index contributed by atoms with van der Waals surface area (Å²) in [5, 5.41) is 7.07. The van der Waals surface area contributed by atoms with E-state index in [1.807, 2.05) is 13.8 Å². The van der Waals surface area contributed by atoms with Crippen molar-refractivity contribution in [2.75, 3.05) is 6.54 Å². The van der Waals surface area contributed by atoms with Crippen molar-refractivity contribution in [3.8, 4) is 0 Å². The molecule has 0 aliphatic rings. The lowest BCUT2D eigenvalue weighted by Crippen LogP contribution is -2.02. The topological polar surface area (TPSA) is 36.2 Å². The van der Waals surface area contributed by atoms with Gasteiger partial charge in [0, 0.05) is 12.3 Å². The van der Waals surface area contributed by atoms with Gasteiger partial charge in [-0.1, -0.05) is 6.92 Å². The fourth-order valence-corrected chi connectivity index (χ4v) is 0.859. The molecule has 1 N–H and O–H groups in total. The van der Waals surface area contributed by atoms with Crippen molar-refractivity contribution in [2.24, 2.45) is 10.9 Å². The molecule has 0 heterocycles. The van der Waals surface area contributed by atoms with E-state index >= 15 is 0 Å². The zero-order valence-electron chi connectivity index (χ0n) is 7.72. The first-order valence-corrected chi connectivity index (χ1v) is 4.19. The van der Waals surface area contributed by atoms with E-state index in [9.17, 15) is 0 Å². The Bertz CT molecular complexity index is 134. The number of nitrogens with one attached hydrogen (secondary N) is 1. The normalized spacial score (nSPS) is 12.3. The van der Waals surface area contributed by atoms with Crippen LogP contribution in [0.2, 0.25) is 0 Å². The highest BCUT2D eigenvalue weighted by atomic mass is 14.7. The molecule has 0 aromatic heterocycles. The number of nitrogens with zero attached hydrogens (tertiary/aromatic N) is 1. The molecule has 0 aromatic rings. The molecule has 0 saturated heterocycles. The number of hydrogen-bond donors (Lipinski definition) is 1. The van der Waals surface area contributed by atoms with Crippen LogP contribution in [0, 0.1) is 11.3 Å². The van der Waals surface area contributed by atoms with Gasteiger partial charge < -0.3 is 5.41 Å². The second-order valence-electron chi connectivity index (χ2n) is 2.95. The van der Waals surface area contributed by atoms with Crippen LogP contribution in [-0.4, -0.2) is 18.5 Å². The van der Waals surface area contributed by atoms with Crippen molar-refractivity contribution in [3.63, 3.8) is 0 Å². The molecule has 0 bridgehead atoms. The summed E-state index contributed by atoms with van der Waals surface area (Å²) in [6, 6.07) is 0. The second-order valence-corrected chi connectivity index (χ2v) is 2.95. The van der Waals surface area contributed by atoms with Crippen molar-refractivity contribution < 1.29 is 0 Å². The minimum absolute atomic E-state index is 0.429. The molecule has 1 atom stereocenters. The van der Waals surface area contributed by atoms with Crippen molar-refractivity contribution in [2.45, 2.75) is 33.6 Å². The third-order valence-corrected chi connectivity index (χ3v) is 1.69. The fraction of sp³-hybridized carbons (Fsp3) is 0.778. The Morgan fingerprint density at radius 1 is 1.55 bits per heavy atom. The molecule has 0 radical (unpaired) electrons. The Morgan fingerprint density at radius 2 is 2.18 bits per heavy atom. The minimum atomic E-state index is 0.429. The molecule has 0 aliphatic carbocycles. The molecule has 0 amide bonds. The molecule has 0 aromatic carbocycles. The van der Waals surface area contributed by atoms with E-state index in [1.165, 1.54) is 6.21 Å². The highest BCUT2D eigenvalue weighted by molar-refractivity contribution is 5.79. The molecule has 2 heteroatoms. The lowest BCUT2D eigenvalue weighted by Gasteiger charge is -2.04. The van der Waals surface area contributed by atoms with Gasteiger partial charge in [-0.2, -0.15) is 0 Å². The van der Waals surface area contributed by atoms with E-state index in [0.717, 1.165) is 25.1 Å². The maximum absolute atomic E-state index is 7.07. The van der Waals surface area contributed by atoms with Crippen LogP contribution in [0.25, 0.3) is 0 Å². The first-order valence-electron chi connectivity index (χ1n) is 4.19. The van der Waals surface area contributed by atoms with Gasteiger partial charge in [0.25, 0.3) is 0 Å². The molecule has 0 aliphatic heterocycles. The Labute approximate surface area is 69.2 Å². The summed E-state index contributed by atoms with van der Waals surface area (Å²) < 4.78 is 0. The van der Waals surface area contributed by atoms with Crippen molar-refractivity contribution in [1.82, 2.24) is 0 Å². The monoisotopic (exact) mass is 154 g/mol. The van der Waals surface area contributed by atoms with Crippen LogP contribution in [0.4, 0.5) is 0 Å². The van der Waals surface area contributed by atoms with E-state index < -0.39 is 0 Å². The van der Waals surface area contributed by atoms with E-state index in [4.69, 9.17) is 5.41 Å². The standard InChI is InChI=1S/C9H18N2/c1-4-9(7-10)5-6-11-8(2)3/h7,9-10H,4-6H2,1-3H3. The Kier molecular flexibility index (Phi) is 5.71. The fourth-order valence-electron chi connectivity index (χ4n) is 0.859. The highest BCUT2D eigenvalue weighted by Crippen LogP contribution is 2.04. The summed E-state index contributed by atoms with van der Waals surface area (Å²) in [6.07, 6.45) is 3.60. The van der Waals surface area contributed by atoms with Crippen LogP contribution in [0.3, 0.4) is 0 Å². The molecule has 0 spiro atoms. The molecule has 0 rings (SSSR count). The molecule has 0 fully saturated rings. The van der Waals surface area contributed by atoms with Crippen molar-refractivity contribution in [3.05, 3.63) is 0 Å². The van der Waals surface area contributed by atoms with Gasteiger partial charge in [0.2, 0.25) is 0 Å². The third-order valence-electron chi connectivity index (χ3n) is 1.69. The zero-order chi connectivity index (χ0) is 8.69. The van der Waals surface area contributed by atoms with Crippen molar-refractivity contribution in [1.29, 1.82) is 5.41 Å². The van der Waals surface area contributed by atoms with Crippen LogP contribution in [0.5, 0.6) is 0 Å². The van der Waals surface area contributed by atoms with Crippen LogP contribution < -0.4 is 0 Å². The molecule has 64 valence electrons. The van der Waals surface area contributed by atoms with Crippen LogP contribution >= 0.6 is 0 Å². The Balaban J connectivity index is 3.51. The predicted molar refractivity (Wildman–Crippen MR) is 50.8 cm³/mol.